The summed E-state index contributed by atoms with van der Waals surface area (Å²) in [5.74, 6) is 0.542. The fraction of sp³-hybridized carbons (Fsp3) is 0.120. The Hall–Kier alpha value is -3.86. The number of hydrogen-bond donors (Lipinski definition) is 1. The Kier molecular flexibility index (Phi) is 6.20. The number of rotatable bonds is 8. The van der Waals surface area contributed by atoms with Crippen molar-refractivity contribution in [2.24, 2.45) is 0 Å². The Morgan fingerprint density at radius 3 is 2.37 bits per heavy atom. The van der Waals surface area contributed by atoms with E-state index in [1.807, 2.05) is 83.7 Å². The molecule has 0 bridgehead atoms. The maximum Gasteiger partial charge on any atom is 0.258 e. The highest BCUT2D eigenvalue weighted by atomic mass is 16.5. The number of amides is 1. The van der Waals surface area contributed by atoms with Crippen molar-refractivity contribution in [1.82, 2.24) is 15.1 Å². The lowest BCUT2D eigenvalue weighted by Crippen LogP contribution is -2.28. The Labute approximate surface area is 175 Å². The van der Waals surface area contributed by atoms with Crippen molar-refractivity contribution >= 4 is 5.91 Å². The molecule has 4 rings (SSSR count). The summed E-state index contributed by atoms with van der Waals surface area (Å²) in [7, 11) is 0. The fourth-order valence-corrected chi connectivity index (χ4v) is 3.19. The topological polar surface area (TPSA) is 56.1 Å². The van der Waals surface area contributed by atoms with Gasteiger partial charge in [0.1, 0.15) is 5.75 Å². The maximum absolute atomic E-state index is 12.3. The highest BCUT2D eigenvalue weighted by molar-refractivity contribution is 5.78. The standard InChI is InChI=1S/C25H23N3O2/c29-25(19-30-24-10-5-4-9-23(24)22-7-2-1-3-8-22)26-17-20-11-13-21(14-12-20)18-28-16-6-15-27-28/h1-16H,17-19H2,(H,26,29). The van der Waals surface area contributed by atoms with Crippen LogP contribution >= 0.6 is 0 Å². The van der Waals surface area contributed by atoms with Crippen molar-refractivity contribution in [3.63, 3.8) is 0 Å². The number of benzene rings is 3. The van der Waals surface area contributed by atoms with Crippen LogP contribution in [0.2, 0.25) is 0 Å². The lowest BCUT2D eigenvalue weighted by atomic mass is 10.1. The SMILES string of the molecule is O=C(COc1ccccc1-c1ccccc1)NCc1ccc(Cn2cccn2)cc1. The van der Waals surface area contributed by atoms with Crippen LogP contribution in [0.4, 0.5) is 0 Å². The van der Waals surface area contributed by atoms with Crippen LogP contribution in [0.1, 0.15) is 11.1 Å². The molecule has 0 radical (unpaired) electrons. The molecule has 30 heavy (non-hydrogen) atoms. The molecule has 0 aliphatic carbocycles. The lowest BCUT2D eigenvalue weighted by Gasteiger charge is -2.12. The van der Waals surface area contributed by atoms with Crippen molar-refractivity contribution in [3.05, 3.63) is 108 Å². The fourth-order valence-electron chi connectivity index (χ4n) is 3.19. The van der Waals surface area contributed by atoms with Crippen LogP contribution in [0.5, 0.6) is 5.75 Å². The average Bonchev–Trinajstić information content (AvgIpc) is 3.31. The number of hydrogen-bond acceptors (Lipinski definition) is 3. The van der Waals surface area contributed by atoms with Crippen LogP contribution in [0, 0.1) is 0 Å². The Morgan fingerprint density at radius 2 is 1.60 bits per heavy atom. The van der Waals surface area contributed by atoms with Gasteiger partial charge in [-0.05, 0) is 28.8 Å². The number of aromatic nitrogens is 2. The van der Waals surface area contributed by atoms with E-state index in [9.17, 15) is 4.79 Å². The summed E-state index contributed by atoms with van der Waals surface area (Å²) in [5, 5.41) is 7.12. The first-order valence-corrected chi connectivity index (χ1v) is 9.87. The minimum absolute atomic E-state index is 0.0266. The molecule has 5 nitrogen and oxygen atoms in total. The van der Waals surface area contributed by atoms with Gasteiger partial charge in [-0.3, -0.25) is 9.48 Å². The van der Waals surface area contributed by atoms with E-state index < -0.39 is 0 Å². The second-order valence-electron chi connectivity index (χ2n) is 6.95. The maximum atomic E-state index is 12.3. The van der Waals surface area contributed by atoms with Gasteiger partial charge in [-0.2, -0.15) is 5.10 Å². The van der Waals surface area contributed by atoms with E-state index >= 15 is 0 Å². The third kappa shape index (κ3) is 5.14. The second kappa shape index (κ2) is 9.56. The largest absolute Gasteiger partial charge is 0.483 e. The second-order valence-corrected chi connectivity index (χ2v) is 6.95. The molecular formula is C25H23N3O2. The molecule has 0 unspecified atom stereocenters. The van der Waals surface area contributed by atoms with E-state index in [0.29, 0.717) is 12.3 Å². The zero-order valence-corrected chi connectivity index (χ0v) is 16.6. The molecule has 1 N–H and O–H groups in total. The predicted octanol–water partition coefficient (Wildman–Crippen LogP) is 4.29. The molecule has 0 fully saturated rings. The molecule has 5 heteroatoms. The molecule has 3 aromatic carbocycles. The van der Waals surface area contributed by atoms with Crippen LogP contribution in [0.25, 0.3) is 11.1 Å². The van der Waals surface area contributed by atoms with Crippen molar-refractivity contribution in [1.29, 1.82) is 0 Å². The Bertz CT molecular complexity index is 1080. The number of nitrogens with one attached hydrogen (secondary N) is 1. The molecule has 1 amide bonds. The molecule has 150 valence electrons. The first-order chi connectivity index (χ1) is 14.8. The van der Waals surface area contributed by atoms with E-state index in [2.05, 4.69) is 22.5 Å². The Morgan fingerprint density at radius 1 is 0.867 bits per heavy atom. The molecule has 1 heterocycles. The van der Waals surface area contributed by atoms with Gasteiger partial charge in [0, 0.05) is 24.5 Å². The molecular weight excluding hydrogens is 374 g/mol. The summed E-state index contributed by atoms with van der Waals surface area (Å²) < 4.78 is 7.67. The van der Waals surface area contributed by atoms with E-state index in [1.54, 1.807) is 6.20 Å². The molecule has 4 aromatic rings. The minimum Gasteiger partial charge on any atom is -0.483 e. The zero-order chi connectivity index (χ0) is 20.6. The molecule has 0 aliphatic rings. The summed E-state index contributed by atoms with van der Waals surface area (Å²) in [6, 6.07) is 27.8. The third-order valence-corrected chi connectivity index (χ3v) is 4.75. The summed E-state index contributed by atoms with van der Waals surface area (Å²) in [6.45, 7) is 1.17. The first kappa shape index (κ1) is 19.5. The molecule has 0 saturated heterocycles. The summed E-state index contributed by atoms with van der Waals surface area (Å²) >= 11 is 0. The van der Waals surface area contributed by atoms with Gasteiger partial charge in [-0.25, -0.2) is 0 Å². The average molecular weight is 397 g/mol. The van der Waals surface area contributed by atoms with Crippen LogP contribution < -0.4 is 10.1 Å². The Balaban J connectivity index is 1.29. The van der Waals surface area contributed by atoms with Crippen LogP contribution in [-0.4, -0.2) is 22.3 Å². The van der Waals surface area contributed by atoms with Gasteiger partial charge < -0.3 is 10.1 Å². The molecule has 0 spiro atoms. The minimum atomic E-state index is -0.154. The van der Waals surface area contributed by atoms with Crippen molar-refractivity contribution in [2.75, 3.05) is 6.61 Å². The van der Waals surface area contributed by atoms with Gasteiger partial charge in [-0.1, -0.05) is 72.8 Å². The quantitative estimate of drug-likeness (QED) is 0.482. The first-order valence-electron chi connectivity index (χ1n) is 9.87. The predicted molar refractivity (Wildman–Crippen MR) is 117 cm³/mol. The van der Waals surface area contributed by atoms with Gasteiger partial charge in [0.2, 0.25) is 0 Å². The van der Waals surface area contributed by atoms with Gasteiger partial charge >= 0.3 is 0 Å². The number of para-hydroxylation sites is 1. The van der Waals surface area contributed by atoms with Gasteiger partial charge in [0.25, 0.3) is 5.91 Å². The zero-order valence-electron chi connectivity index (χ0n) is 16.6. The van der Waals surface area contributed by atoms with Gasteiger partial charge in [0.15, 0.2) is 6.61 Å². The van der Waals surface area contributed by atoms with E-state index in [4.69, 9.17) is 4.74 Å². The number of nitrogens with zero attached hydrogens (tertiary/aromatic N) is 2. The molecule has 1 aromatic heterocycles. The number of ether oxygens (including phenoxy) is 1. The number of carbonyl (C=O) groups is 1. The molecule has 0 atom stereocenters. The lowest BCUT2D eigenvalue weighted by molar-refractivity contribution is -0.123. The summed E-state index contributed by atoms with van der Waals surface area (Å²) in [6.07, 6.45) is 3.70. The van der Waals surface area contributed by atoms with Crippen molar-refractivity contribution < 1.29 is 9.53 Å². The van der Waals surface area contributed by atoms with E-state index in [-0.39, 0.29) is 12.5 Å². The van der Waals surface area contributed by atoms with Crippen LogP contribution in [0.3, 0.4) is 0 Å². The normalized spacial score (nSPS) is 10.5. The summed E-state index contributed by atoms with van der Waals surface area (Å²) in [4.78, 5) is 12.3. The van der Waals surface area contributed by atoms with Crippen LogP contribution in [-0.2, 0) is 17.9 Å². The van der Waals surface area contributed by atoms with Gasteiger partial charge in [0.05, 0.1) is 6.54 Å². The smallest absolute Gasteiger partial charge is 0.258 e. The van der Waals surface area contributed by atoms with E-state index in [0.717, 1.165) is 28.8 Å². The van der Waals surface area contributed by atoms with Crippen molar-refractivity contribution in [3.8, 4) is 16.9 Å². The summed E-state index contributed by atoms with van der Waals surface area (Å²) in [5.41, 5.74) is 4.23. The van der Waals surface area contributed by atoms with Crippen LogP contribution in [0.15, 0.2) is 97.3 Å². The molecule has 0 saturated carbocycles. The highest BCUT2D eigenvalue weighted by Crippen LogP contribution is 2.29. The monoisotopic (exact) mass is 397 g/mol. The third-order valence-electron chi connectivity index (χ3n) is 4.75. The van der Waals surface area contributed by atoms with E-state index in [1.165, 1.54) is 0 Å². The molecule has 0 aliphatic heterocycles. The van der Waals surface area contributed by atoms with Gasteiger partial charge in [-0.15, -0.1) is 0 Å². The van der Waals surface area contributed by atoms with Crippen molar-refractivity contribution in [2.45, 2.75) is 13.1 Å². The number of carbonyl (C=O) groups excluding carboxylic acids is 1. The highest BCUT2D eigenvalue weighted by Gasteiger charge is 2.08.